The third kappa shape index (κ3) is 5.13. The number of fused-ring (bicyclic) bond motifs is 1. The summed E-state index contributed by atoms with van der Waals surface area (Å²) in [5.74, 6) is -0.268. The molecule has 9 nitrogen and oxygen atoms in total. The molecule has 31 heavy (non-hydrogen) atoms. The van der Waals surface area contributed by atoms with Crippen molar-refractivity contribution in [1.82, 2.24) is 15.2 Å². The normalized spacial score (nSPS) is 22.8. The number of amides is 2. The Labute approximate surface area is 187 Å². The van der Waals surface area contributed by atoms with Gasteiger partial charge in [0.1, 0.15) is 17.3 Å². The lowest BCUT2D eigenvalue weighted by Crippen LogP contribution is -2.47. The van der Waals surface area contributed by atoms with Crippen molar-refractivity contribution in [2.45, 2.75) is 37.7 Å². The third-order valence-electron chi connectivity index (χ3n) is 5.34. The second-order valence-corrected chi connectivity index (χ2v) is 8.41. The lowest BCUT2D eigenvalue weighted by Gasteiger charge is -2.23. The van der Waals surface area contributed by atoms with Crippen LogP contribution in [0.4, 0.5) is 4.79 Å². The summed E-state index contributed by atoms with van der Waals surface area (Å²) in [4.78, 5) is 36.5. The van der Waals surface area contributed by atoms with Crippen molar-refractivity contribution in [2.75, 3.05) is 20.2 Å². The smallest absolute Gasteiger partial charge is 0.410 e. The highest BCUT2D eigenvalue weighted by Crippen LogP contribution is 2.22. The number of oxime groups is 1. The maximum Gasteiger partial charge on any atom is 0.410 e. The summed E-state index contributed by atoms with van der Waals surface area (Å²) >= 11 is 3.27. The van der Waals surface area contributed by atoms with Gasteiger partial charge in [0.15, 0.2) is 6.10 Å². The van der Waals surface area contributed by atoms with Gasteiger partial charge in [-0.05, 0) is 28.1 Å². The number of carbonyl (C=O) groups excluding carboxylic acids is 2. The van der Waals surface area contributed by atoms with Crippen molar-refractivity contribution in [2.24, 2.45) is 5.16 Å². The van der Waals surface area contributed by atoms with Gasteiger partial charge in [-0.3, -0.25) is 14.7 Å². The van der Waals surface area contributed by atoms with E-state index in [-0.39, 0.29) is 31.3 Å². The van der Waals surface area contributed by atoms with Crippen LogP contribution in [0.25, 0.3) is 10.9 Å². The molecular formula is C21H23BrN4O5. The molecule has 1 saturated heterocycles. The fraction of sp³-hybridized carbons (Fsp3) is 0.429. The summed E-state index contributed by atoms with van der Waals surface area (Å²) < 4.78 is 11.6. The van der Waals surface area contributed by atoms with Crippen molar-refractivity contribution in [1.29, 1.82) is 0 Å². The van der Waals surface area contributed by atoms with Gasteiger partial charge in [0.05, 0.1) is 24.7 Å². The molecular weight excluding hydrogens is 468 g/mol. The molecule has 2 aromatic rings. The Hall–Kier alpha value is -2.72. The minimum atomic E-state index is -0.669. The lowest BCUT2D eigenvalue weighted by atomic mass is 10.1. The van der Waals surface area contributed by atoms with Crippen LogP contribution in [0.3, 0.4) is 0 Å². The Kier molecular flexibility index (Phi) is 6.67. The molecule has 1 N–H and O–H groups in total. The zero-order valence-electron chi connectivity index (χ0n) is 17.0. The van der Waals surface area contributed by atoms with Crippen LogP contribution in [0.2, 0.25) is 0 Å². The first-order valence-corrected chi connectivity index (χ1v) is 10.8. The van der Waals surface area contributed by atoms with Crippen molar-refractivity contribution >= 4 is 43.5 Å². The molecule has 10 heteroatoms. The summed E-state index contributed by atoms with van der Waals surface area (Å²) in [5, 5.41) is 7.61. The number of pyridine rings is 1. The molecule has 2 aliphatic heterocycles. The lowest BCUT2D eigenvalue weighted by molar-refractivity contribution is -0.125. The Morgan fingerprint density at radius 2 is 2.19 bits per heavy atom. The molecule has 1 aromatic heterocycles. The molecule has 1 aromatic carbocycles. The molecule has 0 radical (unpaired) electrons. The highest BCUT2D eigenvalue weighted by atomic mass is 79.9. The third-order valence-corrected chi connectivity index (χ3v) is 5.81. The van der Waals surface area contributed by atoms with Crippen molar-refractivity contribution in [3.63, 3.8) is 0 Å². The number of aromatic nitrogens is 1. The predicted molar refractivity (Wildman–Crippen MR) is 117 cm³/mol. The van der Waals surface area contributed by atoms with Gasteiger partial charge in [-0.15, -0.1) is 0 Å². The summed E-state index contributed by atoms with van der Waals surface area (Å²) in [7, 11) is 1.57. The van der Waals surface area contributed by atoms with E-state index in [9.17, 15) is 9.59 Å². The maximum absolute atomic E-state index is 12.8. The number of halogens is 1. The second kappa shape index (κ2) is 9.61. The zero-order valence-corrected chi connectivity index (χ0v) is 18.6. The van der Waals surface area contributed by atoms with E-state index >= 15 is 0 Å². The van der Waals surface area contributed by atoms with Crippen LogP contribution in [0.5, 0.6) is 0 Å². The molecule has 164 valence electrons. The molecule has 4 rings (SSSR count). The molecule has 3 atom stereocenters. The Morgan fingerprint density at radius 3 is 2.97 bits per heavy atom. The molecule has 3 heterocycles. The zero-order chi connectivity index (χ0) is 21.8. The first kappa shape index (κ1) is 21.5. The number of ether oxygens (including phenoxy) is 2. The number of likely N-dealkylation sites (tertiary alicyclic amines) is 1. The van der Waals surface area contributed by atoms with Gasteiger partial charge >= 0.3 is 6.09 Å². The Bertz CT molecular complexity index is 1000. The largest absolute Gasteiger partial charge is 0.444 e. The van der Waals surface area contributed by atoms with Gasteiger partial charge in [0.25, 0.3) is 0 Å². The molecule has 2 aliphatic rings. The van der Waals surface area contributed by atoms with Crippen LogP contribution in [-0.2, 0) is 25.7 Å². The van der Waals surface area contributed by atoms with E-state index in [0.29, 0.717) is 24.0 Å². The van der Waals surface area contributed by atoms with E-state index in [1.54, 1.807) is 13.3 Å². The van der Waals surface area contributed by atoms with E-state index in [1.165, 1.54) is 4.90 Å². The quantitative estimate of drug-likeness (QED) is 0.667. The topological polar surface area (TPSA) is 102 Å². The molecule has 0 aliphatic carbocycles. The van der Waals surface area contributed by atoms with Crippen LogP contribution in [0, 0.1) is 0 Å². The van der Waals surface area contributed by atoms with Crippen molar-refractivity contribution in [3.05, 3.63) is 42.1 Å². The van der Waals surface area contributed by atoms with E-state index < -0.39 is 12.1 Å². The van der Waals surface area contributed by atoms with E-state index in [1.807, 2.05) is 30.3 Å². The minimum absolute atomic E-state index is 0.0699. The second-order valence-electron chi connectivity index (χ2n) is 7.50. The van der Waals surface area contributed by atoms with Gasteiger partial charge in [-0.25, -0.2) is 4.79 Å². The number of rotatable bonds is 6. The summed E-state index contributed by atoms with van der Waals surface area (Å²) in [6.45, 7) is 0.662. The van der Waals surface area contributed by atoms with Gasteiger partial charge in [0.2, 0.25) is 5.91 Å². The monoisotopic (exact) mass is 490 g/mol. The van der Waals surface area contributed by atoms with Crippen LogP contribution >= 0.6 is 15.9 Å². The fourth-order valence-corrected chi connectivity index (χ4v) is 4.12. The summed E-state index contributed by atoms with van der Waals surface area (Å²) in [6, 6.07) is 8.99. The van der Waals surface area contributed by atoms with Gasteiger partial charge < -0.3 is 19.6 Å². The number of hydrogen-bond donors (Lipinski definition) is 1. The standard InChI is InChI=1S/C21H23BrN4O5/c1-29-16-7-18(20(27)24-10-15-8-19(22)25-31-15)26(11-16)21(28)30-12-13-6-14-4-2-3-5-17(14)23-9-13/h2-6,9,15-16,18H,7-8,10-12H2,1H3,(H,24,27)/t15-,16+,18-/m0/s1. The first-order valence-electron chi connectivity index (χ1n) is 9.99. The number of hydrogen-bond acceptors (Lipinski definition) is 7. The molecule has 0 bridgehead atoms. The average Bonchev–Trinajstić information content (AvgIpc) is 3.42. The fourth-order valence-electron chi connectivity index (χ4n) is 3.68. The number of carbonyl (C=O) groups is 2. The number of benzene rings is 1. The SMILES string of the molecule is CO[C@@H]1C[C@@H](C(=O)NC[C@@H]2CC(Br)=NO2)N(C(=O)OCc2cnc3ccccc3c2)C1. The van der Waals surface area contributed by atoms with Crippen LogP contribution in [0.1, 0.15) is 18.4 Å². The first-order chi connectivity index (χ1) is 15.0. The molecule has 1 fully saturated rings. The van der Waals surface area contributed by atoms with Gasteiger partial charge in [0, 0.05) is 37.1 Å². The minimum Gasteiger partial charge on any atom is -0.444 e. The van der Waals surface area contributed by atoms with E-state index in [2.05, 4.69) is 31.4 Å². The predicted octanol–water partition coefficient (Wildman–Crippen LogP) is 2.57. The number of nitrogens with zero attached hydrogens (tertiary/aromatic N) is 3. The Morgan fingerprint density at radius 1 is 1.35 bits per heavy atom. The molecule has 0 spiro atoms. The molecule has 2 amide bonds. The summed E-state index contributed by atoms with van der Waals surface area (Å²) in [6.07, 6.45) is 1.67. The highest BCUT2D eigenvalue weighted by Gasteiger charge is 2.41. The van der Waals surface area contributed by atoms with Gasteiger partial charge in [-0.2, -0.15) is 0 Å². The van der Waals surface area contributed by atoms with Crippen LogP contribution in [0.15, 0.2) is 41.7 Å². The maximum atomic E-state index is 12.8. The van der Waals surface area contributed by atoms with Crippen molar-refractivity contribution in [3.8, 4) is 0 Å². The van der Waals surface area contributed by atoms with Crippen molar-refractivity contribution < 1.29 is 23.9 Å². The van der Waals surface area contributed by atoms with E-state index in [0.717, 1.165) is 16.5 Å². The number of methoxy groups -OCH3 is 1. The number of nitrogens with one attached hydrogen (secondary N) is 1. The van der Waals surface area contributed by atoms with Crippen LogP contribution in [-0.4, -0.2) is 65.0 Å². The highest BCUT2D eigenvalue weighted by molar-refractivity contribution is 9.18. The molecule has 0 saturated carbocycles. The number of para-hydroxylation sites is 1. The van der Waals surface area contributed by atoms with E-state index in [4.69, 9.17) is 14.3 Å². The molecule has 0 unspecified atom stereocenters. The van der Waals surface area contributed by atoms with Gasteiger partial charge in [-0.1, -0.05) is 23.4 Å². The summed E-state index contributed by atoms with van der Waals surface area (Å²) in [5.41, 5.74) is 1.65. The Balaban J connectivity index is 1.35. The van der Waals surface area contributed by atoms with Crippen LogP contribution < -0.4 is 5.32 Å². The average molecular weight is 491 g/mol.